The third kappa shape index (κ3) is 3.74. The Morgan fingerprint density at radius 1 is 0.952 bits per heavy atom. The summed E-state index contributed by atoms with van der Waals surface area (Å²) in [6, 6.07) is 14.0. The summed E-state index contributed by atoms with van der Waals surface area (Å²) in [5.41, 5.74) is 5.64. The van der Waals surface area contributed by atoms with E-state index < -0.39 is 6.10 Å². The Morgan fingerprint density at radius 3 is 2.10 bits per heavy atom. The van der Waals surface area contributed by atoms with Crippen molar-refractivity contribution in [3.8, 4) is 11.8 Å². The molecular formula is C20H22O. The summed E-state index contributed by atoms with van der Waals surface area (Å²) < 4.78 is 0. The molecule has 0 aliphatic heterocycles. The molecule has 0 saturated carbocycles. The molecule has 1 nitrogen and oxygen atoms in total. The fraction of sp³-hybridized carbons (Fsp3) is 0.300. The molecule has 108 valence electrons. The van der Waals surface area contributed by atoms with Crippen molar-refractivity contribution in [1.29, 1.82) is 0 Å². The van der Waals surface area contributed by atoms with E-state index in [9.17, 15) is 5.11 Å². The molecule has 0 unspecified atom stereocenters. The van der Waals surface area contributed by atoms with Crippen LogP contribution in [0.25, 0.3) is 0 Å². The van der Waals surface area contributed by atoms with Crippen molar-refractivity contribution in [2.24, 2.45) is 5.92 Å². The van der Waals surface area contributed by atoms with E-state index in [0.29, 0.717) is 0 Å². The molecular weight excluding hydrogens is 256 g/mol. The van der Waals surface area contributed by atoms with Gasteiger partial charge in [-0.25, -0.2) is 0 Å². The van der Waals surface area contributed by atoms with Gasteiger partial charge in [-0.3, -0.25) is 0 Å². The fourth-order valence-corrected chi connectivity index (χ4v) is 2.58. The van der Waals surface area contributed by atoms with Crippen molar-refractivity contribution in [3.05, 3.63) is 70.3 Å². The van der Waals surface area contributed by atoms with Crippen LogP contribution in [0.15, 0.2) is 42.5 Å². The highest BCUT2D eigenvalue weighted by Crippen LogP contribution is 2.21. The first kappa shape index (κ1) is 15.4. The maximum atomic E-state index is 10.3. The summed E-state index contributed by atoms with van der Waals surface area (Å²) >= 11 is 0. The SMILES string of the molecule is Cc1cc(C)c(C#C[C@H](C)[C@@H](O)c2ccccc2)c(C)c1. The van der Waals surface area contributed by atoms with Crippen molar-refractivity contribution in [2.45, 2.75) is 33.8 Å². The van der Waals surface area contributed by atoms with Crippen LogP contribution in [0.3, 0.4) is 0 Å². The molecule has 0 aliphatic carbocycles. The molecule has 1 heteroatoms. The first-order chi connectivity index (χ1) is 9.99. The summed E-state index contributed by atoms with van der Waals surface area (Å²) in [4.78, 5) is 0. The van der Waals surface area contributed by atoms with E-state index in [1.165, 1.54) is 16.7 Å². The Balaban J connectivity index is 2.23. The lowest BCUT2D eigenvalue weighted by Gasteiger charge is -2.14. The molecule has 0 aromatic heterocycles. The van der Waals surface area contributed by atoms with Gasteiger partial charge in [-0.05, 0) is 44.4 Å². The number of aryl methyl sites for hydroxylation is 3. The van der Waals surface area contributed by atoms with Gasteiger partial charge in [-0.1, -0.05) is 59.9 Å². The standard InChI is InChI=1S/C20H22O/c1-14-12-16(3)19(17(4)13-14)11-10-15(2)20(21)18-8-6-5-7-9-18/h5-9,12-13,15,20-21H,1-4H3/t15-,20+/m0/s1. The van der Waals surface area contributed by atoms with E-state index in [0.717, 1.165) is 11.1 Å². The Hall–Kier alpha value is -2.04. The highest BCUT2D eigenvalue weighted by Gasteiger charge is 2.13. The maximum absolute atomic E-state index is 10.3. The average molecular weight is 278 g/mol. The molecule has 0 fully saturated rings. The summed E-state index contributed by atoms with van der Waals surface area (Å²) in [5.74, 6) is 6.34. The van der Waals surface area contributed by atoms with Crippen LogP contribution in [-0.4, -0.2) is 5.11 Å². The number of hydrogen-bond acceptors (Lipinski definition) is 1. The van der Waals surface area contributed by atoms with Crippen LogP contribution in [0, 0.1) is 38.5 Å². The average Bonchev–Trinajstić information content (AvgIpc) is 2.46. The third-order valence-corrected chi connectivity index (χ3v) is 3.72. The van der Waals surface area contributed by atoms with Crippen LogP contribution in [-0.2, 0) is 0 Å². The van der Waals surface area contributed by atoms with Gasteiger partial charge in [0.05, 0.1) is 6.10 Å². The molecule has 0 aliphatic rings. The highest BCUT2D eigenvalue weighted by atomic mass is 16.3. The van der Waals surface area contributed by atoms with Crippen molar-refractivity contribution in [2.75, 3.05) is 0 Å². The van der Waals surface area contributed by atoms with Crippen molar-refractivity contribution >= 4 is 0 Å². The molecule has 0 radical (unpaired) electrons. The zero-order chi connectivity index (χ0) is 15.4. The van der Waals surface area contributed by atoms with Gasteiger partial charge in [0.25, 0.3) is 0 Å². The Morgan fingerprint density at radius 2 is 1.52 bits per heavy atom. The molecule has 21 heavy (non-hydrogen) atoms. The van der Waals surface area contributed by atoms with E-state index in [4.69, 9.17) is 0 Å². The Kier molecular flexibility index (Phi) is 4.83. The molecule has 2 aromatic rings. The van der Waals surface area contributed by atoms with E-state index >= 15 is 0 Å². The van der Waals surface area contributed by atoms with Gasteiger partial charge in [-0.2, -0.15) is 0 Å². The molecule has 0 spiro atoms. The molecule has 0 amide bonds. The summed E-state index contributed by atoms with van der Waals surface area (Å²) in [7, 11) is 0. The van der Waals surface area contributed by atoms with Crippen LogP contribution in [0.1, 0.15) is 40.8 Å². The first-order valence-corrected chi connectivity index (χ1v) is 7.31. The second kappa shape index (κ2) is 6.61. The van der Waals surface area contributed by atoms with Crippen LogP contribution in [0.5, 0.6) is 0 Å². The molecule has 2 rings (SSSR count). The van der Waals surface area contributed by atoms with Gasteiger partial charge >= 0.3 is 0 Å². The van der Waals surface area contributed by atoms with Crippen LogP contribution in [0.2, 0.25) is 0 Å². The maximum Gasteiger partial charge on any atom is 0.0924 e. The minimum absolute atomic E-state index is 0.104. The second-order valence-electron chi connectivity index (χ2n) is 5.69. The lowest BCUT2D eigenvalue weighted by Crippen LogP contribution is -2.07. The minimum Gasteiger partial charge on any atom is -0.387 e. The minimum atomic E-state index is -0.551. The van der Waals surface area contributed by atoms with Gasteiger partial charge in [0.15, 0.2) is 0 Å². The van der Waals surface area contributed by atoms with Crippen molar-refractivity contribution in [3.63, 3.8) is 0 Å². The third-order valence-electron chi connectivity index (χ3n) is 3.72. The number of benzene rings is 2. The van der Waals surface area contributed by atoms with Crippen LogP contribution in [0.4, 0.5) is 0 Å². The zero-order valence-electron chi connectivity index (χ0n) is 13.1. The molecule has 1 N–H and O–H groups in total. The quantitative estimate of drug-likeness (QED) is 0.811. The number of hydrogen-bond donors (Lipinski definition) is 1. The lowest BCUT2D eigenvalue weighted by atomic mass is 9.96. The van der Waals surface area contributed by atoms with Crippen LogP contribution >= 0.6 is 0 Å². The molecule has 0 heterocycles. The molecule has 2 atom stereocenters. The Bertz CT molecular complexity index is 651. The second-order valence-corrected chi connectivity index (χ2v) is 5.69. The van der Waals surface area contributed by atoms with Gasteiger partial charge in [0, 0.05) is 11.5 Å². The summed E-state index contributed by atoms with van der Waals surface area (Å²) in [5, 5.41) is 10.3. The van der Waals surface area contributed by atoms with Gasteiger partial charge in [-0.15, -0.1) is 0 Å². The van der Waals surface area contributed by atoms with Crippen molar-refractivity contribution in [1.82, 2.24) is 0 Å². The van der Waals surface area contributed by atoms with Crippen LogP contribution < -0.4 is 0 Å². The normalized spacial score (nSPS) is 13.2. The van der Waals surface area contributed by atoms with E-state index in [1.54, 1.807) is 0 Å². The predicted molar refractivity (Wildman–Crippen MR) is 88.1 cm³/mol. The van der Waals surface area contributed by atoms with E-state index in [1.807, 2.05) is 37.3 Å². The highest BCUT2D eigenvalue weighted by molar-refractivity contribution is 5.48. The zero-order valence-corrected chi connectivity index (χ0v) is 13.1. The number of aliphatic hydroxyl groups is 1. The smallest absolute Gasteiger partial charge is 0.0924 e. The predicted octanol–water partition coefficient (Wildman–Crippen LogP) is 4.33. The molecule has 0 bridgehead atoms. The molecule has 2 aromatic carbocycles. The van der Waals surface area contributed by atoms with E-state index in [2.05, 4.69) is 44.7 Å². The molecule has 0 saturated heterocycles. The topological polar surface area (TPSA) is 20.2 Å². The first-order valence-electron chi connectivity index (χ1n) is 7.31. The summed E-state index contributed by atoms with van der Waals surface area (Å²) in [6.07, 6.45) is -0.551. The fourth-order valence-electron chi connectivity index (χ4n) is 2.58. The number of aliphatic hydroxyl groups excluding tert-OH is 1. The van der Waals surface area contributed by atoms with Gasteiger partial charge in [0.2, 0.25) is 0 Å². The monoisotopic (exact) mass is 278 g/mol. The van der Waals surface area contributed by atoms with Crippen molar-refractivity contribution < 1.29 is 5.11 Å². The van der Waals surface area contributed by atoms with E-state index in [-0.39, 0.29) is 5.92 Å². The largest absolute Gasteiger partial charge is 0.387 e. The summed E-state index contributed by atoms with van der Waals surface area (Å²) in [6.45, 7) is 8.23. The Labute approximate surface area is 127 Å². The number of rotatable bonds is 2. The van der Waals surface area contributed by atoms with Gasteiger partial charge in [0.1, 0.15) is 0 Å². The van der Waals surface area contributed by atoms with Gasteiger partial charge < -0.3 is 5.11 Å². The lowest BCUT2D eigenvalue weighted by molar-refractivity contribution is 0.143.